The number of hydrogen-bond acceptors (Lipinski definition) is 5. The van der Waals surface area contributed by atoms with Crippen LogP contribution >= 0.6 is 0 Å². The molecule has 2 aliphatic rings. The third kappa shape index (κ3) is 3.18. The average Bonchev–Trinajstić information content (AvgIpc) is 3.08. The van der Waals surface area contributed by atoms with E-state index < -0.39 is 0 Å². The fourth-order valence-electron chi connectivity index (χ4n) is 3.99. The molecule has 0 radical (unpaired) electrons. The van der Waals surface area contributed by atoms with Gasteiger partial charge in [-0.1, -0.05) is 25.1 Å². The van der Waals surface area contributed by atoms with Gasteiger partial charge in [-0.25, -0.2) is 9.78 Å². The van der Waals surface area contributed by atoms with Crippen molar-refractivity contribution in [2.24, 2.45) is 0 Å². The molecule has 7 nitrogen and oxygen atoms in total. The van der Waals surface area contributed by atoms with Crippen LogP contribution in [0.1, 0.15) is 36.7 Å². The van der Waals surface area contributed by atoms with E-state index in [0.29, 0.717) is 30.9 Å². The minimum Gasteiger partial charge on any atom is -0.506 e. The number of para-hydroxylation sites is 1. The Morgan fingerprint density at radius 2 is 2.04 bits per heavy atom. The quantitative estimate of drug-likeness (QED) is 0.899. The molecule has 1 atom stereocenters. The van der Waals surface area contributed by atoms with Crippen LogP contribution in [-0.4, -0.2) is 63.7 Å². The lowest BCUT2D eigenvalue weighted by Crippen LogP contribution is -2.49. The topological polar surface area (TPSA) is 83.0 Å². The number of carbonyl (C=O) groups excluding carboxylic acids is 2. The lowest BCUT2D eigenvalue weighted by atomic mass is 10.0. The molecule has 0 bridgehead atoms. The number of aromatic hydroxyl groups is 1. The molecule has 2 saturated heterocycles. The van der Waals surface area contributed by atoms with Gasteiger partial charge in [0, 0.05) is 24.5 Å². The van der Waals surface area contributed by atoms with Gasteiger partial charge in [0.1, 0.15) is 23.6 Å². The highest BCUT2D eigenvalue weighted by Gasteiger charge is 2.39. The summed E-state index contributed by atoms with van der Waals surface area (Å²) in [5.74, 6) is -0.0753. The summed E-state index contributed by atoms with van der Waals surface area (Å²) >= 11 is 0. The standard InChI is InChI=1S/C20H23N3O4/c1-2-14-12-27-20(26)23(14)15-8-10-22(11-9-15)19(25)16-7-6-13-4-3-5-17(24)18(13)21-16/h3-7,14-15,24H,2,8-12H2,1H3. The van der Waals surface area contributed by atoms with Crippen molar-refractivity contribution in [1.82, 2.24) is 14.8 Å². The van der Waals surface area contributed by atoms with Crippen LogP contribution in [0.15, 0.2) is 30.3 Å². The molecule has 1 unspecified atom stereocenters. The van der Waals surface area contributed by atoms with E-state index in [-0.39, 0.29) is 29.8 Å². The molecule has 27 heavy (non-hydrogen) atoms. The maximum Gasteiger partial charge on any atom is 0.410 e. The normalized spacial score (nSPS) is 20.9. The number of likely N-dealkylation sites (tertiary alicyclic amines) is 1. The molecule has 1 aromatic carbocycles. The van der Waals surface area contributed by atoms with Gasteiger partial charge in [0.15, 0.2) is 0 Å². The number of phenolic OH excluding ortho intramolecular Hbond substituents is 1. The number of ether oxygens (including phenoxy) is 1. The smallest absolute Gasteiger partial charge is 0.410 e. The highest BCUT2D eigenvalue weighted by atomic mass is 16.6. The van der Waals surface area contributed by atoms with Crippen molar-refractivity contribution in [2.45, 2.75) is 38.3 Å². The first-order chi connectivity index (χ1) is 13.1. The number of carbonyl (C=O) groups is 2. The van der Waals surface area contributed by atoms with E-state index in [9.17, 15) is 14.7 Å². The molecule has 0 spiro atoms. The monoisotopic (exact) mass is 369 g/mol. The summed E-state index contributed by atoms with van der Waals surface area (Å²) in [5.41, 5.74) is 0.762. The highest BCUT2D eigenvalue weighted by molar-refractivity contribution is 5.96. The van der Waals surface area contributed by atoms with E-state index >= 15 is 0 Å². The number of cyclic esters (lactones) is 1. The molecule has 1 N–H and O–H groups in total. The van der Waals surface area contributed by atoms with Gasteiger partial charge in [-0.2, -0.15) is 0 Å². The van der Waals surface area contributed by atoms with Crippen molar-refractivity contribution >= 4 is 22.9 Å². The van der Waals surface area contributed by atoms with Crippen LogP contribution in [0.25, 0.3) is 10.9 Å². The Morgan fingerprint density at radius 3 is 2.78 bits per heavy atom. The number of pyridine rings is 1. The van der Waals surface area contributed by atoms with Crippen LogP contribution in [0.5, 0.6) is 5.75 Å². The number of nitrogens with zero attached hydrogens (tertiary/aromatic N) is 3. The number of phenols is 1. The van der Waals surface area contributed by atoms with Crippen molar-refractivity contribution in [2.75, 3.05) is 19.7 Å². The van der Waals surface area contributed by atoms with Crippen molar-refractivity contribution in [1.29, 1.82) is 0 Å². The van der Waals surface area contributed by atoms with Crippen LogP contribution in [0.4, 0.5) is 4.79 Å². The largest absolute Gasteiger partial charge is 0.506 e. The second kappa shape index (κ2) is 7.06. The van der Waals surface area contributed by atoms with Crippen molar-refractivity contribution in [3.05, 3.63) is 36.0 Å². The van der Waals surface area contributed by atoms with Gasteiger partial charge in [0.05, 0.1) is 6.04 Å². The molecule has 2 aromatic rings. The Bertz CT molecular complexity index is 877. The lowest BCUT2D eigenvalue weighted by Gasteiger charge is -2.37. The second-order valence-corrected chi connectivity index (χ2v) is 7.11. The Morgan fingerprint density at radius 1 is 1.26 bits per heavy atom. The third-order valence-corrected chi connectivity index (χ3v) is 5.54. The van der Waals surface area contributed by atoms with Gasteiger partial charge in [-0.15, -0.1) is 0 Å². The maximum absolute atomic E-state index is 12.8. The Labute approximate surface area is 157 Å². The van der Waals surface area contributed by atoms with Crippen LogP contribution < -0.4 is 0 Å². The average molecular weight is 369 g/mol. The van der Waals surface area contributed by atoms with Gasteiger partial charge in [0.2, 0.25) is 0 Å². The third-order valence-electron chi connectivity index (χ3n) is 5.54. The van der Waals surface area contributed by atoms with Crippen LogP contribution in [0.3, 0.4) is 0 Å². The molecule has 1 aromatic heterocycles. The van der Waals surface area contributed by atoms with Gasteiger partial charge in [0.25, 0.3) is 5.91 Å². The molecule has 7 heteroatoms. The van der Waals surface area contributed by atoms with E-state index in [1.165, 1.54) is 0 Å². The molecule has 0 aliphatic carbocycles. The number of amides is 2. The molecule has 3 heterocycles. The number of benzene rings is 1. The van der Waals surface area contributed by atoms with Crippen molar-refractivity contribution in [3.8, 4) is 5.75 Å². The summed E-state index contributed by atoms with van der Waals surface area (Å²) in [4.78, 5) is 32.9. The first kappa shape index (κ1) is 17.6. The number of piperidine rings is 1. The maximum atomic E-state index is 12.8. The van der Waals surface area contributed by atoms with Gasteiger partial charge in [-0.3, -0.25) is 9.69 Å². The van der Waals surface area contributed by atoms with Gasteiger partial charge in [-0.05, 0) is 31.4 Å². The second-order valence-electron chi connectivity index (χ2n) is 7.11. The van der Waals surface area contributed by atoms with Gasteiger partial charge >= 0.3 is 6.09 Å². The van der Waals surface area contributed by atoms with Gasteiger partial charge < -0.3 is 14.7 Å². The van der Waals surface area contributed by atoms with Crippen molar-refractivity contribution in [3.63, 3.8) is 0 Å². The minimum atomic E-state index is -0.238. The number of fused-ring (bicyclic) bond motifs is 1. The van der Waals surface area contributed by atoms with E-state index in [2.05, 4.69) is 11.9 Å². The number of hydrogen-bond donors (Lipinski definition) is 1. The summed E-state index contributed by atoms with van der Waals surface area (Å²) in [6.07, 6.45) is 2.10. The van der Waals surface area contributed by atoms with Crippen LogP contribution in [-0.2, 0) is 4.74 Å². The summed E-state index contributed by atoms with van der Waals surface area (Å²) in [6.45, 7) is 3.66. The summed E-state index contributed by atoms with van der Waals surface area (Å²) in [6, 6.07) is 8.90. The summed E-state index contributed by atoms with van der Waals surface area (Å²) in [5, 5.41) is 10.8. The minimum absolute atomic E-state index is 0.0685. The summed E-state index contributed by atoms with van der Waals surface area (Å²) in [7, 11) is 0. The molecule has 142 valence electrons. The SMILES string of the molecule is CCC1COC(=O)N1C1CCN(C(=O)c2ccc3cccc(O)c3n2)CC1. The molecule has 2 aliphatic heterocycles. The zero-order chi connectivity index (χ0) is 19.0. The highest BCUT2D eigenvalue weighted by Crippen LogP contribution is 2.27. The zero-order valence-electron chi connectivity index (χ0n) is 15.3. The van der Waals surface area contributed by atoms with E-state index in [1.54, 1.807) is 29.2 Å². The van der Waals surface area contributed by atoms with E-state index in [4.69, 9.17) is 4.74 Å². The Kier molecular flexibility index (Phi) is 4.59. The molecule has 2 fully saturated rings. The predicted octanol–water partition coefficient (Wildman–Crippen LogP) is 2.78. The number of aromatic nitrogens is 1. The fraction of sp³-hybridized carbons (Fsp3) is 0.450. The van der Waals surface area contributed by atoms with Crippen molar-refractivity contribution < 1.29 is 19.4 Å². The lowest BCUT2D eigenvalue weighted by molar-refractivity contribution is 0.0630. The number of rotatable bonds is 3. The summed E-state index contributed by atoms with van der Waals surface area (Å²) < 4.78 is 5.19. The molecule has 4 rings (SSSR count). The van der Waals surface area contributed by atoms with Crippen LogP contribution in [0.2, 0.25) is 0 Å². The molecule has 0 saturated carbocycles. The zero-order valence-corrected chi connectivity index (χ0v) is 15.3. The van der Waals surface area contributed by atoms with Crippen LogP contribution in [0, 0.1) is 0 Å². The van der Waals surface area contributed by atoms with E-state index in [1.807, 2.05) is 11.0 Å². The molecular weight excluding hydrogens is 346 g/mol. The molecular formula is C20H23N3O4. The Hall–Kier alpha value is -2.83. The predicted molar refractivity (Wildman–Crippen MR) is 99.6 cm³/mol. The first-order valence-electron chi connectivity index (χ1n) is 9.41. The fourth-order valence-corrected chi connectivity index (χ4v) is 3.99. The van der Waals surface area contributed by atoms with E-state index in [0.717, 1.165) is 24.6 Å². The Balaban J connectivity index is 1.46. The first-order valence-corrected chi connectivity index (χ1v) is 9.41. The molecule has 2 amide bonds.